The van der Waals surface area contributed by atoms with Gasteiger partial charge >= 0.3 is 0 Å². The second-order valence-electron chi connectivity index (χ2n) is 5.29. The van der Waals surface area contributed by atoms with Gasteiger partial charge in [0.05, 0.1) is 11.2 Å². The summed E-state index contributed by atoms with van der Waals surface area (Å²) in [5, 5.41) is 3.26. The minimum Gasteiger partial charge on any atom is -0.320 e. The number of rotatable bonds is 6. The summed E-state index contributed by atoms with van der Waals surface area (Å²) >= 11 is 1.80. The Morgan fingerprint density at radius 3 is 2.83 bits per heavy atom. The number of nitrogens with zero attached hydrogens (tertiary/aromatic N) is 2. The van der Waals surface area contributed by atoms with Crippen LogP contribution in [0.2, 0.25) is 0 Å². The van der Waals surface area contributed by atoms with E-state index in [0.29, 0.717) is 0 Å². The second-order valence-corrected chi connectivity index (χ2v) is 6.23. The molecule has 3 nitrogen and oxygen atoms in total. The minimum atomic E-state index is 0.943. The third-order valence-electron chi connectivity index (χ3n) is 4.01. The maximum absolute atomic E-state index is 4.32. The highest BCUT2D eigenvalue weighted by Gasteiger charge is 2.18. The molecule has 2 heterocycles. The van der Waals surface area contributed by atoms with E-state index < -0.39 is 0 Å². The molecule has 0 amide bonds. The van der Waals surface area contributed by atoms with Crippen molar-refractivity contribution in [1.82, 2.24) is 15.2 Å². The monoisotopic (exact) mass is 267 g/mol. The highest BCUT2D eigenvalue weighted by atomic mass is 32.1. The van der Waals surface area contributed by atoms with E-state index in [1.807, 2.05) is 12.6 Å². The topological polar surface area (TPSA) is 28.2 Å². The largest absolute Gasteiger partial charge is 0.320 e. The summed E-state index contributed by atoms with van der Waals surface area (Å²) in [5.41, 5.74) is 3.19. The molecular weight excluding hydrogens is 242 g/mol. The number of piperidine rings is 1. The van der Waals surface area contributed by atoms with Gasteiger partial charge in [-0.3, -0.25) is 0 Å². The van der Waals surface area contributed by atoms with Crippen molar-refractivity contribution in [1.29, 1.82) is 0 Å². The van der Waals surface area contributed by atoms with Crippen LogP contribution in [0.3, 0.4) is 0 Å². The lowest BCUT2D eigenvalue weighted by Crippen LogP contribution is -2.35. The van der Waals surface area contributed by atoms with Gasteiger partial charge in [0.2, 0.25) is 0 Å². The molecule has 0 unspecified atom stereocenters. The van der Waals surface area contributed by atoms with E-state index >= 15 is 0 Å². The number of hydrogen-bond acceptors (Lipinski definition) is 4. The third kappa shape index (κ3) is 4.04. The molecule has 1 aliphatic rings. The fourth-order valence-electron chi connectivity index (χ4n) is 2.67. The molecule has 0 spiro atoms. The smallest absolute Gasteiger partial charge is 0.0797 e. The van der Waals surface area contributed by atoms with Gasteiger partial charge in [-0.2, -0.15) is 0 Å². The summed E-state index contributed by atoms with van der Waals surface area (Å²) in [4.78, 5) is 8.40. The van der Waals surface area contributed by atoms with Gasteiger partial charge in [0.15, 0.2) is 0 Å². The predicted molar refractivity (Wildman–Crippen MR) is 78.3 cm³/mol. The van der Waals surface area contributed by atoms with Gasteiger partial charge in [-0.25, -0.2) is 4.98 Å². The first-order valence-electron chi connectivity index (χ1n) is 7.05. The van der Waals surface area contributed by atoms with Crippen LogP contribution in [-0.2, 0) is 6.42 Å². The molecule has 0 aliphatic carbocycles. The van der Waals surface area contributed by atoms with E-state index in [9.17, 15) is 0 Å². The Labute approximate surface area is 115 Å². The lowest BCUT2D eigenvalue weighted by atomic mass is 9.93. The molecule has 102 valence electrons. The van der Waals surface area contributed by atoms with E-state index in [2.05, 4.69) is 22.1 Å². The molecule has 1 saturated heterocycles. The highest BCUT2D eigenvalue weighted by Crippen LogP contribution is 2.21. The Morgan fingerprint density at radius 1 is 1.44 bits per heavy atom. The van der Waals surface area contributed by atoms with Gasteiger partial charge < -0.3 is 10.2 Å². The molecule has 1 aromatic rings. The Morgan fingerprint density at radius 2 is 2.22 bits per heavy atom. The maximum atomic E-state index is 4.32. The van der Waals surface area contributed by atoms with Crippen LogP contribution in [0.5, 0.6) is 0 Å². The summed E-state index contributed by atoms with van der Waals surface area (Å²) in [7, 11) is 2.05. The summed E-state index contributed by atoms with van der Waals surface area (Å²) in [6.07, 6.45) is 5.28. The average molecular weight is 267 g/mol. The molecule has 1 aromatic heterocycles. The van der Waals surface area contributed by atoms with Crippen LogP contribution in [0.25, 0.3) is 0 Å². The quantitative estimate of drug-likeness (QED) is 0.857. The number of hydrogen-bond donors (Lipinski definition) is 1. The van der Waals surface area contributed by atoms with Crippen LogP contribution in [0.15, 0.2) is 5.51 Å². The van der Waals surface area contributed by atoms with E-state index in [0.717, 1.165) is 5.92 Å². The van der Waals surface area contributed by atoms with E-state index in [1.54, 1.807) is 11.3 Å². The zero-order valence-electron chi connectivity index (χ0n) is 11.6. The van der Waals surface area contributed by atoms with Crippen molar-refractivity contribution in [3.8, 4) is 0 Å². The Kier molecular flexibility index (Phi) is 5.60. The van der Waals surface area contributed by atoms with E-state index in [1.165, 1.54) is 62.4 Å². The number of nitrogens with one attached hydrogen (secondary N) is 1. The molecule has 0 atom stereocenters. The molecule has 0 bridgehead atoms. The first-order chi connectivity index (χ1) is 8.79. The first-order valence-corrected chi connectivity index (χ1v) is 7.93. The van der Waals surface area contributed by atoms with E-state index in [-0.39, 0.29) is 0 Å². The van der Waals surface area contributed by atoms with Gasteiger partial charge in [0, 0.05) is 11.4 Å². The van der Waals surface area contributed by atoms with Gasteiger partial charge in [-0.05, 0) is 65.2 Å². The third-order valence-corrected chi connectivity index (χ3v) is 5.00. The summed E-state index contributed by atoms with van der Waals surface area (Å²) in [5.74, 6) is 0.943. The molecule has 0 radical (unpaired) electrons. The van der Waals surface area contributed by atoms with Crippen molar-refractivity contribution in [2.45, 2.75) is 32.6 Å². The van der Waals surface area contributed by atoms with Crippen LogP contribution < -0.4 is 5.32 Å². The summed E-state index contributed by atoms with van der Waals surface area (Å²) in [6, 6.07) is 0. The zero-order chi connectivity index (χ0) is 12.8. The molecule has 1 N–H and O–H groups in total. The zero-order valence-corrected chi connectivity index (χ0v) is 12.4. The van der Waals surface area contributed by atoms with Gasteiger partial charge in [0.25, 0.3) is 0 Å². The Hall–Kier alpha value is -0.450. The average Bonchev–Trinajstić information content (AvgIpc) is 2.81. The fourth-order valence-corrected chi connectivity index (χ4v) is 3.44. The SMILES string of the molecule is CNCCC1CCN(CCc2scnc2C)CC1. The van der Waals surface area contributed by atoms with Gasteiger partial charge in [0.1, 0.15) is 0 Å². The summed E-state index contributed by atoms with van der Waals surface area (Å²) in [6.45, 7) is 7.07. The standard InChI is InChI=1S/C14H25N3S/c1-12-14(18-11-16-12)6-10-17-8-4-13(5-9-17)3-7-15-2/h11,13,15H,3-10H2,1-2H3. The molecule has 1 aliphatic heterocycles. The van der Waals surface area contributed by atoms with Crippen LogP contribution >= 0.6 is 11.3 Å². The van der Waals surface area contributed by atoms with Crippen molar-refractivity contribution in [3.05, 3.63) is 16.1 Å². The van der Waals surface area contributed by atoms with Crippen molar-refractivity contribution >= 4 is 11.3 Å². The Bertz CT molecular complexity index is 343. The molecule has 2 rings (SSSR count). The first kappa shape index (κ1) is 14.0. The van der Waals surface area contributed by atoms with E-state index in [4.69, 9.17) is 0 Å². The van der Waals surface area contributed by atoms with Crippen LogP contribution in [0.4, 0.5) is 0 Å². The number of thiazole rings is 1. The normalized spacial score (nSPS) is 18.3. The number of aromatic nitrogens is 1. The van der Waals surface area contributed by atoms with Crippen LogP contribution in [-0.4, -0.2) is 43.1 Å². The van der Waals surface area contributed by atoms with Gasteiger partial charge in [-0.15, -0.1) is 11.3 Å². The molecule has 1 fully saturated rings. The minimum absolute atomic E-state index is 0.943. The fraction of sp³-hybridized carbons (Fsp3) is 0.786. The van der Waals surface area contributed by atoms with Gasteiger partial charge in [-0.1, -0.05) is 0 Å². The van der Waals surface area contributed by atoms with Crippen molar-refractivity contribution in [2.75, 3.05) is 33.2 Å². The number of aryl methyl sites for hydroxylation is 1. The molecule has 4 heteroatoms. The highest BCUT2D eigenvalue weighted by molar-refractivity contribution is 7.09. The summed E-state index contributed by atoms with van der Waals surface area (Å²) < 4.78 is 0. The predicted octanol–water partition coefficient (Wildman–Crippen LogP) is 2.32. The van der Waals surface area contributed by atoms with Crippen molar-refractivity contribution in [2.24, 2.45) is 5.92 Å². The van der Waals surface area contributed by atoms with Crippen LogP contribution in [0.1, 0.15) is 29.8 Å². The van der Waals surface area contributed by atoms with Crippen molar-refractivity contribution < 1.29 is 0 Å². The molecule has 18 heavy (non-hydrogen) atoms. The van der Waals surface area contributed by atoms with Crippen molar-refractivity contribution in [3.63, 3.8) is 0 Å². The second kappa shape index (κ2) is 7.22. The Balaban J connectivity index is 1.66. The molecule has 0 saturated carbocycles. The lowest BCUT2D eigenvalue weighted by molar-refractivity contribution is 0.181. The molecule has 0 aromatic carbocycles. The maximum Gasteiger partial charge on any atom is 0.0797 e. The lowest BCUT2D eigenvalue weighted by Gasteiger charge is -2.31. The molecular formula is C14H25N3S. The van der Waals surface area contributed by atoms with Crippen LogP contribution in [0, 0.1) is 12.8 Å². The number of likely N-dealkylation sites (tertiary alicyclic amines) is 1.